The largest absolute Gasteiger partial charge is 0.506 e. The minimum Gasteiger partial charge on any atom is -0.506 e. The summed E-state index contributed by atoms with van der Waals surface area (Å²) in [6, 6.07) is 21.6. The van der Waals surface area contributed by atoms with Crippen molar-refractivity contribution >= 4 is 33.4 Å². The SMILES string of the molecule is CC(C)(C)NC(=O)C(c1ccccc1)N(C(=O)c1ccccc1Br)c1ccccc1O. The van der Waals surface area contributed by atoms with E-state index < -0.39 is 17.5 Å². The molecular weight excluding hydrogens is 456 g/mol. The first-order valence-electron chi connectivity index (χ1n) is 9.92. The Hall–Kier alpha value is -3.12. The topological polar surface area (TPSA) is 69.6 Å². The molecule has 3 aromatic carbocycles. The molecule has 3 rings (SSSR count). The van der Waals surface area contributed by atoms with Crippen molar-refractivity contribution in [2.45, 2.75) is 32.4 Å². The van der Waals surface area contributed by atoms with Crippen molar-refractivity contribution in [2.75, 3.05) is 4.90 Å². The van der Waals surface area contributed by atoms with Crippen LogP contribution in [0.15, 0.2) is 83.3 Å². The second-order valence-corrected chi connectivity index (χ2v) is 9.05. The van der Waals surface area contributed by atoms with Crippen molar-refractivity contribution in [3.8, 4) is 5.75 Å². The van der Waals surface area contributed by atoms with E-state index in [1.165, 1.54) is 11.0 Å². The zero-order valence-electron chi connectivity index (χ0n) is 17.7. The Balaban J connectivity index is 2.23. The Labute approximate surface area is 190 Å². The lowest BCUT2D eigenvalue weighted by atomic mass is 9.99. The zero-order valence-corrected chi connectivity index (χ0v) is 19.3. The summed E-state index contributed by atoms with van der Waals surface area (Å²) >= 11 is 3.44. The molecule has 2 amide bonds. The Morgan fingerprint density at radius 1 is 0.903 bits per heavy atom. The molecule has 5 nitrogen and oxygen atoms in total. The van der Waals surface area contributed by atoms with E-state index >= 15 is 0 Å². The van der Waals surface area contributed by atoms with E-state index in [9.17, 15) is 14.7 Å². The number of phenolic OH excluding ortho intramolecular Hbond substituents is 1. The van der Waals surface area contributed by atoms with Gasteiger partial charge in [-0.1, -0.05) is 54.6 Å². The van der Waals surface area contributed by atoms with Crippen LogP contribution < -0.4 is 10.2 Å². The molecular formula is C25H25BrN2O3. The molecule has 31 heavy (non-hydrogen) atoms. The molecule has 0 saturated heterocycles. The Kier molecular flexibility index (Phi) is 6.81. The molecule has 0 saturated carbocycles. The van der Waals surface area contributed by atoms with Crippen LogP contribution in [0.4, 0.5) is 5.69 Å². The van der Waals surface area contributed by atoms with Crippen LogP contribution in [0, 0.1) is 0 Å². The van der Waals surface area contributed by atoms with E-state index in [1.54, 1.807) is 48.5 Å². The van der Waals surface area contributed by atoms with Crippen molar-refractivity contribution in [1.82, 2.24) is 5.32 Å². The minimum absolute atomic E-state index is 0.0904. The normalized spacial score (nSPS) is 12.1. The van der Waals surface area contributed by atoms with Gasteiger partial charge in [0.2, 0.25) is 5.91 Å². The number of halogens is 1. The Bertz CT molecular complexity index is 1080. The molecule has 0 aromatic heterocycles. The number of phenols is 1. The molecule has 1 atom stereocenters. The number of benzene rings is 3. The monoisotopic (exact) mass is 480 g/mol. The number of carbonyl (C=O) groups excluding carboxylic acids is 2. The molecule has 0 radical (unpaired) electrons. The number of hydrogen-bond acceptors (Lipinski definition) is 3. The van der Waals surface area contributed by atoms with E-state index in [1.807, 2.05) is 45.0 Å². The summed E-state index contributed by atoms with van der Waals surface area (Å²) in [6.45, 7) is 5.65. The van der Waals surface area contributed by atoms with Gasteiger partial charge in [0.15, 0.2) is 0 Å². The van der Waals surface area contributed by atoms with Crippen LogP contribution in [-0.4, -0.2) is 22.5 Å². The highest BCUT2D eigenvalue weighted by molar-refractivity contribution is 9.10. The maximum Gasteiger partial charge on any atom is 0.260 e. The van der Waals surface area contributed by atoms with Crippen molar-refractivity contribution in [2.24, 2.45) is 0 Å². The summed E-state index contributed by atoms with van der Waals surface area (Å²) in [5.41, 5.74) is 0.759. The van der Waals surface area contributed by atoms with Gasteiger partial charge in [0, 0.05) is 10.0 Å². The van der Waals surface area contributed by atoms with Gasteiger partial charge in [-0.3, -0.25) is 14.5 Å². The molecule has 160 valence electrons. The van der Waals surface area contributed by atoms with E-state index in [0.29, 0.717) is 15.6 Å². The number of nitrogens with zero attached hydrogens (tertiary/aromatic N) is 1. The van der Waals surface area contributed by atoms with Gasteiger partial charge >= 0.3 is 0 Å². The van der Waals surface area contributed by atoms with Gasteiger partial charge in [0.25, 0.3) is 5.91 Å². The molecule has 0 bridgehead atoms. The summed E-state index contributed by atoms with van der Waals surface area (Å²) in [6.07, 6.45) is 0. The fraction of sp³-hybridized carbons (Fsp3) is 0.200. The third kappa shape index (κ3) is 5.33. The molecule has 2 N–H and O–H groups in total. The van der Waals surface area contributed by atoms with Crippen molar-refractivity contribution < 1.29 is 14.7 Å². The molecule has 1 unspecified atom stereocenters. The van der Waals surface area contributed by atoms with Crippen molar-refractivity contribution in [1.29, 1.82) is 0 Å². The van der Waals surface area contributed by atoms with E-state index in [4.69, 9.17) is 0 Å². The van der Waals surface area contributed by atoms with Gasteiger partial charge in [0.1, 0.15) is 11.8 Å². The van der Waals surface area contributed by atoms with Gasteiger partial charge in [-0.25, -0.2) is 0 Å². The van der Waals surface area contributed by atoms with Crippen LogP contribution in [0.2, 0.25) is 0 Å². The highest BCUT2D eigenvalue weighted by atomic mass is 79.9. The minimum atomic E-state index is -0.992. The predicted molar refractivity (Wildman–Crippen MR) is 126 cm³/mol. The number of aromatic hydroxyl groups is 1. The van der Waals surface area contributed by atoms with E-state index in [-0.39, 0.29) is 17.3 Å². The standard InChI is InChI=1S/C25H25BrN2O3/c1-25(2,3)27-23(30)22(17-11-5-4-6-12-17)28(20-15-9-10-16-21(20)29)24(31)18-13-7-8-14-19(18)26/h4-16,22,29H,1-3H3,(H,27,30). The fourth-order valence-electron chi connectivity index (χ4n) is 3.29. The number of amides is 2. The molecule has 0 aliphatic heterocycles. The summed E-state index contributed by atoms with van der Waals surface area (Å²) in [5.74, 6) is -0.846. The lowest BCUT2D eigenvalue weighted by Gasteiger charge is -2.34. The van der Waals surface area contributed by atoms with Gasteiger partial charge in [0.05, 0.1) is 11.3 Å². The van der Waals surface area contributed by atoms with E-state index in [2.05, 4.69) is 21.2 Å². The van der Waals surface area contributed by atoms with Crippen LogP contribution >= 0.6 is 15.9 Å². The molecule has 0 spiro atoms. The number of rotatable bonds is 5. The number of para-hydroxylation sites is 2. The summed E-state index contributed by atoms with van der Waals surface area (Å²) in [4.78, 5) is 28.7. The zero-order chi connectivity index (χ0) is 22.6. The third-order valence-corrected chi connectivity index (χ3v) is 5.28. The molecule has 0 heterocycles. The van der Waals surface area contributed by atoms with Gasteiger partial charge in [-0.15, -0.1) is 0 Å². The van der Waals surface area contributed by atoms with Crippen molar-refractivity contribution in [3.05, 3.63) is 94.5 Å². The Morgan fingerprint density at radius 3 is 2.10 bits per heavy atom. The summed E-state index contributed by atoms with van der Waals surface area (Å²) in [5, 5.41) is 13.6. The second kappa shape index (κ2) is 9.35. The first-order valence-corrected chi connectivity index (χ1v) is 10.7. The average Bonchev–Trinajstić information content (AvgIpc) is 2.72. The highest BCUT2D eigenvalue weighted by Gasteiger charge is 2.36. The Morgan fingerprint density at radius 2 is 1.48 bits per heavy atom. The van der Waals surface area contributed by atoms with E-state index in [0.717, 1.165) is 0 Å². The lowest BCUT2D eigenvalue weighted by Crippen LogP contribution is -2.49. The van der Waals surface area contributed by atoms with Crippen molar-refractivity contribution in [3.63, 3.8) is 0 Å². The maximum absolute atomic E-state index is 13.8. The smallest absolute Gasteiger partial charge is 0.260 e. The number of carbonyl (C=O) groups is 2. The number of hydrogen-bond donors (Lipinski definition) is 2. The molecule has 6 heteroatoms. The van der Waals surface area contributed by atoms with Crippen LogP contribution in [0.25, 0.3) is 0 Å². The second-order valence-electron chi connectivity index (χ2n) is 8.20. The lowest BCUT2D eigenvalue weighted by molar-refractivity contribution is -0.123. The third-order valence-electron chi connectivity index (χ3n) is 4.58. The molecule has 3 aromatic rings. The number of nitrogens with one attached hydrogen (secondary N) is 1. The van der Waals surface area contributed by atoms with Gasteiger partial charge in [-0.05, 0) is 66.5 Å². The average molecular weight is 481 g/mol. The fourth-order valence-corrected chi connectivity index (χ4v) is 3.74. The molecule has 0 aliphatic rings. The molecule has 0 aliphatic carbocycles. The van der Waals surface area contributed by atoms with Gasteiger partial charge < -0.3 is 10.4 Å². The maximum atomic E-state index is 13.8. The molecule has 0 fully saturated rings. The van der Waals surface area contributed by atoms with Crippen LogP contribution in [-0.2, 0) is 4.79 Å². The summed E-state index contributed by atoms with van der Waals surface area (Å²) < 4.78 is 0.600. The van der Waals surface area contributed by atoms with Crippen LogP contribution in [0.1, 0.15) is 42.7 Å². The summed E-state index contributed by atoms with van der Waals surface area (Å²) in [7, 11) is 0. The van der Waals surface area contributed by atoms with Crippen LogP contribution in [0.5, 0.6) is 5.75 Å². The van der Waals surface area contributed by atoms with Gasteiger partial charge in [-0.2, -0.15) is 0 Å². The first kappa shape index (κ1) is 22.6. The first-order chi connectivity index (χ1) is 14.7. The quantitative estimate of drug-likeness (QED) is 0.509. The predicted octanol–water partition coefficient (Wildman–Crippen LogP) is 5.46. The van der Waals surface area contributed by atoms with Crippen LogP contribution in [0.3, 0.4) is 0 Å². The highest BCUT2D eigenvalue weighted by Crippen LogP contribution is 2.36. The number of anilines is 1.